The van der Waals surface area contributed by atoms with Gasteiger partial charge in [-0.15, -0.1) is 0 Å². The lowest BCUT2D eigenvalue weighted by Gasteiger charge is -2.27. The Morgan fingerprint density at radius 3 is 2.45 bits per heavy atom. The van der Waals surface area contributed by atoms with Crippen molar-refractivity contribution in [2.24, 2.45) is 0 Å². The number of rotatable bonds is 8. The number of carbonyl (C=O) groups is 4. The minimum atomic E-state index is -0.582. The highest BCUT2D eigenvalue weighted by Gasteiger charge is 2.37. The number of hydrogen-bond donors (Lipinski definition) is 0. The van der Waals surface area contributed by atoms with Gasteiger partial charge in [0, 0.05) is 13.1 Å². The normalized spacial score (nSPS) is 16.7. The van der Waals surface area contributed by atoms with E-state index in [1.165, 1.54) is 7.11 Å². The van der Waals surface area contributed by atoms with Crippen molar-refractivity contribution in [1.29, 1.82) is 0 Å². The molecule has 0 radical (unpaired) electrons. The molecule has 3 amide bonds. The highest BCUT2D eigenvalue weighted by molar-refractivity contribution is 9.10. The SMILES string of the molecule is CCOc1cc(/C=C2\SC(=O)N(CC(=O)N3CCCCC3)C2=O)cc(Br)c1OC(=O)c1ccc(OC)cc1. The maximum Gasteiger partial charge on any atom is 0.343 e. The molecule has 4 rings (SSSR count). The molecule has 0 unspecified atom stereocenters. The van der Waals surface area contributed by atoms with Gasteiger partial charge in [0.05, 0.1) is 28.7 Å². The van der Waals surface area contributed by atoms with E-state index in [2.05, 4.69) is 15.9 Å². The van der Waals surface area contributed by atoms with Gasteiger partial charge in [0.1, 0.15) is 12.3 Å². The van der Waals surface area contributed by atoms with Crippen molar-refractivity contribution in [3.8, 4) is 17.2 Å². The summed E-state index contributed by atoms with van der Waals surface area (Å²) < 4.78 is 16.9. The molecule has 11 heteroatoms. The summed E-state index contributed by atoms with van der Waals surface area (Å²) in [6.07, 6.45) is 4.48. The lowest BCUT2D eigenvalue weighted by atomic mass is 10.1. The summed E-state index contributed by atoms with van der Waals surface area (Å²) in [6.45, 7) is 3.12. The lowest BCUT2D eigenvalue weighted by molar-refractivity contribution is -0.136. The number of likely N-dealkylation sites (tertiary alicyclic amines) is 1. The molecule has 0 aromatic heterocycles. The van der Waals surface area contributed by atoms with Crippen LogP contribution in [0.5, 0.6) is 17.2 Å². The summed E-state index contributed by atoms with van der Waals surface area (Å²) in [5.41, 5.74) is 0.884. The van der Waals surface area contributed by atoms with Crippen LogP contribution in [0.25, 0.3) is 6.08 Å². The zero-order valence-corrected chi connectivity index (χ0v) is 23.4. The molecule has 2 aromatic rings. The second-order valence-corrected chi connectivity index (χ2v) is 10.4. The summed E-state index contributed by atoms with van der Waals surface area (Å²) in [5.74, 6) is -0.240. The fourth-order valence-corrected chi connectivity index (χ4v) is 5.46. The second kappa shape index (κ2) is 12.5. The van der Waals surface area contributed by atoms with E-state index in [9.17, 15) is 19.2 Å². The van der Waals surface area contributed by atoms with Crippen LogP contribution in [0, 0.1) is 0 Å². The van der Waals surface area contributed by atoms with Gasteiger partial charge in [0.25, 0.3) is 11.1 Å². The third kappa shape index (κ3) is 6.39. The van der Waals surface area contributed by atoms with E-state index in [1.54, 1.807) is 54.3 Å². The van der Waals surface area contributed by atoms with Crippen molar-refractivity contribution in [3.63, 3.8) is 0 Å². The molecule has 0 spiro atoms. The van der Waals surface area contributed by atoms with E-state index in [0.29, 0.717) is 41.0 Å². The lowest BCUT2D eigenvalue weighted by Crippen LogP contribution is -2.44. The first-order valence-electron chi connectivity index (χ1n) is 12.2. The van der Waals surface area contributed by atoms with Crippen molar-refractivity contribution in [1.82, 2.24) is 9.80 Å². The average molecular weight is 603 g/mol. The second-order valence-electron chi connectivity index (χ2n) is 8.59. The fraction of sp³-hybridized carbons (Fsp3) is 0.333. The molecule has 9 nitrogen and oxygen atoms in total. The van der Waals surface area contributed by atoms with Gasteiger partial charge in [0.2, 0.25) is 5.91 Å². The van der Waals surface area contributed by atoms with Crippen LogP contribution < -0.4 is 14.2 Å². The van der Waals surface area contributed by atoms with Gasteiger partial charge < -0.3 is 19.1 Å². The van der Waals surface area contributed by atoms with E-state index in [1.807, 2.05) is 0 Å². The van der Waals surface area contributed by atoms with Gasteiger partial charge in [-0.2, -0.15) is 0 Å². The Morgan fingerprint density at radius 2 is 1.79 bits per heavy atom. The Morgan fingerprint density at radius 1 is 1.08 bits per heavy atom. The molecular formula is C27H27BrN2O7S. The predicted molar refractivity (Wildman–Crippen MR) is 146 cm³/mol. The van der Waals surface area contributed by atoms with Gasteiger partial charge in [0.15, 0.2) is 11.5 Å². The molecule has 0 N–H and O–H groups in total. The summed E-state index contributed by atoms with van der Waals surface area (Å²) >= 11 is 4.21. The van der Waals surface area contributed by atoms with E-state index < -0.39 is 17.1 Å². The topological polar surface area (TPSA) is 102 Å². The molecule has 0 aliphatic carbocycles. The third-order valence-electron chi connectivity index (χ3n) is 6.03. The number of benzene rings is 2. The van der Waals surface area contributed by atoms with Gasteiger partial charge in [-0.1, -0.05) is 0 Å². The van der Waals surface area contributed by atoms with Crippen molar-refractivity contribution in [2.75, 3.05) is 33.4 Å². The molecule has 2 aliphatic rings. The number of esters is 1. The number of hydrogen-bond acceptors (Lipinski definition) is 8. The number of carbonyl (C=O) groups excluding carboxylic acids is 4. The Kier molecular flexibility index (Phi) is 9.11. The van der Waals surface area contributed by atoms with Gasteiger partial charge in [-0.25, -0.2) is 4.79 Å². The molecular weight excluding hydrogens is 576 g/mol. The highest BCUT2D eigenvalue weighted by Crippen LogP contribution is 2.40. The van der Waals surface area contributed by atoms with Crippen LogP contribution in [0.4, 0.5) is 4.79 Å². The molecule has 200 valence electrons. The van der Waals surface area contributed by atoms with Crippen molar-refractivity contribution in [3.05, 3.63) is 56.9 Å². The average Bonchev–Trinajstić information content (AvgIpc) is 3.18. The van der Waals surface area contributed by atoms with E-state index in [0.717, 1.165) is 35.9 Å². The van der Waals surface area contributed by atoms with Gasteiger partial charge >= 0.3 is 5.97 Å². The molecule has 2 aliphatic heterocycles. The first-order chi connectivity index (χ1) is 18.3. The summed E-state index contributed by atoms with van der Waals surface area (Å²) in [5, 5.41) is -0.485. The minimum absolute atomic E-state index is 0.185. The molecule has 0 bridgehead atoms. The van der Waals surface area contributed by atoms with Crippen LogP contribution in [0.15, 0.2) is 45.8 Å². The van der Waals surface area contributed by atoms with Gasteiger partial charge in [-0.3, -0.25) is 19.3 Å². The van der Waals surface area contributed by atoms with Crippen LogP contribution in [-0.4, -0.2) is 66.2 Å². The standard InChI is InChI=1S/C27H27BrN2O7S/c1-3-36-21-14-17(13-20(28)24(21)37-26(33)18-7-9-19(35-2)10-8-18)15-22-25(32)30(27(34)38-22)16-23(31)29-11-5-4-6-12-29/h7-10,13-15H,3-6,11-12,16H2,1-2H3/b22-15-. The van der Waals surface area contributed by atoms with Gasteiger partial charge in [-0.05, 0) is 102 Å². The molecule has 2 heterocycles. The summed E-state index contributed by atoms with van der Waals surface area (Å²) in [6, 6.07) is 9.78. The van der Waals surface area contributed by atoms with Crippen LogP contribution in [0.2, 0.25) is 0 Å². The molecule has 2 saturated heterocycles. The van der Waals surface area contributed by atoms with E-state index >= 15 is 0 Å². The molecule has 2 aromatic carbocycles. The Labute approximate surface area is 233 Å². The number of thioether (sulfide) groups is 1. The molecule has 2 fully saturated rings. The Hall–Kier alpha value is -3.31. The zero-order chi connectivity index (χ0) is 27.2. The van der Waals surface area contributed by atoms with Crippen LogP contribution in [0.3, 0.4) is 0 Å². The third-order valence-corrected chi connectivity index (χ3v) is 7.52. The van der Waals surface area contributed by atoms with Crippen molar-refractivity contribution < 1.29 is 33.4 Å². The summed E-state index contributed by atoms with van der Waals surface area (Å²) in [7, 11) is 1.54. The van der Waals surface area contributed by atoms with Crippen molar-refractivity contribution in [2.45, 2.75) is 26.2 Å². The number of piperidine rings is 1. The molecule has 38 heavy (non-hydrogen) atoms. The highest BCUT2D eigenvalue weighted by atomic mass is 79.9. The molecule has 0 atom stereocenters. The zero-order valence-electron chi connectivity index (χ0n) is 21.0. The largest absolute Gasteiger partial charge is 0.497 e. The monoisotopic (exact) mass is 602 g/mol. The fourth-order valence-electron chi connectivity index (χ4n) is 4.08. The maximum atomic E-state index is 13.0. The predicted octanol–water partition coefficient (Wildman–Crippen LogP) is 5.12. The first kappa shape index (κ1) is 27.7. The maximum absolute atomic E-state index is 13.0. The quantitative estimate of drug-likeness (QED) is 0.233. The van der Waals surface area contributed by atoms with Crippen LogP contribution >= 0.6 is 27.7 Å². The number of imide groups is 1. The number of nitrogens with zero attached hydrogens (tertiary/aromatic N) is 2. The number of amides is 3. The number of halogens is 1. The van der Waals surface area contributed by atoms with E-state index in [4.69, 9.17) is 14.2 Å². The minimum Gasteiger partial charge on any atom is -0.497 e. The van der Waals surface area contributed by atoms with Crippen LogP contribution in [0.1, 0.15) is 42.1 Å². The Balaban J connectivity index is 1.52. The Bertz CT molecular complexity index is 1270. The number of ether oxygens (including phenoxy) is 3. The van der Waals surface area contributed by atoms with Crippen molar-refractivity contribution >= 4 is 56.8 Å². The van der Waals surface area contributed by atoms with E-state index in [-0.39, 0.29) is 28.9 Å². The number of methoxy groups -OCH3 is 1. The van der Waals surface area contributed by atoms with Crippen LogP contribution in [-0.2, 0) is 9.59 Å². The molecule has 0 saturated carbocycles. The first-order valence-corrected chi connectivity index (χ1v) is 13.8. The smallest absolute Gasteiger partial charge is 0.343 e. The summed E-state index contributed by atoms with van der Waals surface area (Å²) in [4.78, 5) is 53.7.